The zero-order chi connectivity index (χ0) is 9.07. The Labute approximate surface area is 61.2 Å². The maximum atomic E-state index is 10.1. The van der Waals surface area contributed by atoms with Crippen LogP contribution in [-0.4, -0.2) is 33.1 Å². The Balaban J connectivity index is 3.82. The second-order valence-corrected chi connectivity index (χ2v) is 3.28. The van der Waals surface area contributed by atoms with Crippen LogP contribution in [0.1, 0.15) is 0 Å². The molecule has 0 aromatic heterocycles. The first-order chi connectivity index (χ1) is 4.83. The van der Waals surface area contributed by atoms with Crippen molar-refractivity contribution in [2.24, 2.45) is 0 Å². The van der Waals surface area contributed by atoms with E-state index in [0.29, 0.717) is 0 Å². The fraction of sp³-hybridized carbons (Fsp3) is 0.333. The van der Waals surface area contributed by atoms with Crippen molar-refractivity contribution in [3.05, 3.63) is 0 Å². The number of rotatable bonds is 2. The third-order valence-corrected chi connectivity index (χ3v) is 1.21. The van der Waals surface area contributed by atoms with Crippen molar-refractivity contribution in [1.29, 1.82) is 0 Å². The van der Waals surface area contributed by atoms with Gasteiger partial charge >= 0.3 is 19.5 Å². The topological polar surface area (TPSA) is 124 Å². The maximum Gasteiger partial charge on any atom is 0.394 e. The molecule has 1 amide bonds. The minimum Gasteiger partial charge on any atom is -0.474 e. The molecule has 0 spiro atoms. The molecule has 0 aliphatic rings. The van der Waals surface area contributed by atoms with Gasteiger partial charge in [0.1, 0.15) is 6.29 Å². The van der Waals surface area contributed by atoms with Gasteiger partial charge < -0.3 is 20.2 Å². The Morgan fingerprint density at radius 2 is 1.82 bits per heavy atom. The van der Waals surface area contributed by atoms with Gasteiger partial charge in [-0.05, 0) is 0 Å². The van der Waals surface area contributed by atoms with Crippen LogP contribution in [0, 0.1) is 0 Å². The summed E-state index contributed by atoms with van der Waals surface area (Å²) in [5, 5.41) is 9.43. The highest BCUT2D eigenvalue weighted by atomic mass is 31.2. The highest BCUT2D eigenvalue weighted by Gasteiger charge is 2.17. The molecule has 4 N–H and O–H groups in total. The van der Waals surface area contributed by atoms with Gasteiger partial charge in [0, 0.05) is 0 Å². The van der Waals surface area contributed by atoms with Crippen LogP contribution in [0.15, 0.2) is 0 Å². The largest absolute Gasteiger partial charge is 0.474 e. The van der Waals surface area contributed by atoms with Crippen LogP contribution in [0.3, 0.4) is 0 Å². The summed E-state index contributed by atoms with van der Waals surface area (Å²) in [6, 6.07) is 0. The molecule has 7 nitrogen and oxygen atoms in total. The van der Waals surface area contributed by atoms with E-state index in [1.807, 2.05) is 0 Å². The summed E-state index contributed by atoms with van der Waals surface area (Å²) in [5.74, 6) is -3.22. The molecule has 0 aromatic carbocycles. The molecule has 0 heterocycles. The molecule has 0 aliphatic heterocycles. The molecule has 0 rings (SSSR count). The fourth-order valence-electron chi connectivity index (χ4n) is 0.250. The first-order valence-electron chi connectivity index (χ1n) is 2.38. The SMILES string of the molecule is O=C(O)C(=O)NCP(=O)(O)O. The van der Waals surface area contributed by atoms with Crippen LogP contribution in [0.4, 0.5) is 0 Å². The molecule has 0 saturated carbocycles. The summed E-state index contributed by atoms with van der Waals surface area (Å²) in [5.41, 5.74) is 0. The molecular formula is C3H6NO6P. The Morgan fingerprint density at radius 3 is 2.09 bits per heavy atom. The molecule has 0 aliphatic carbocycles. The van der Waals surface area contributed by atoms with Crippen molar-refractivity contribution in [2.75, 3.05) is 6.29 Å². The Bertz CT molecular complexity index is 218. The first kappa shape index (κ1) is 10.1. The van der Waals surface area contributed by atoms with Crippen molar-refractivity contribution < 1.29 is 29.0 Å². The zero-order valence-electron chi connectivity index (χ0n) is 5.22. The van der Waals surface area contributed by atoms with Crippen LogP contribution >= 0.6 is 7.60 Å². The van der Waals surface area contributed by atoms with E-state index >= 15 is 0 Å². The smallest absolute Gasteiger partial charge is 0.394 e. The quantitative estimate of drug-likeness (QED) is 0.299. The molecule has 0 radical (unpaired) electrons. The molecule has 0 atom stereocenters. The van der Waals surface area contributed by atoms with E-state index in [4.69, 9.17) is 14.9 Å². The molecule has 0 saturated heterocycles. The van der Waals surface area contributed by atoms with Crippen molar-refractivity contribution in [3.8, 4) is 0 Å². The second kappa shape index (κ2) is 3.47. The normalized spacial score (nSPS) is 10.7. The summed E-state index contributed by atoms with van der Waals surface area (Å²) < 4.78 is 10.0. The van der Waals surface area contributed by atoms with E-state index in [9.17, 15) is 14.2 Å². The van der Waals surface area contributed by atoms with E-state index in [-0.39, 0.29) is 0 Å². The van der Waals surface area contributed by atoms with Crippen LogP contribution < -0.4 is 5.32 Å². The van der Waals surface area contributed by atoms with E-state index in [0.717, 1.165) is 0 Å². The Morgan fingerprint density at radius 1 is 1.36 bits per heavy atom. The van der Waals surface area contributed by atoms with E-state index in [2.05, 4.69) is 0 Å². The predicted octanol–water partition coefficient (Wildman–Crippen LogP) is -1.68. The van der Waals surface area contributed by atoms with Gasteiger partial charge in [-0.3, -0.25) is 9.36 Å². The summed E-state index contributed by atoms with van der Waals surface area (Å²) in [4.78, 5) is 36.2. The van der Waals surface area contributed by atoms with E-state index in [1.54, 1.807) is 0 Å². The standard InChI is InChI=1S/C3H6NO6P/c5-2(3(6)7)4-1-11(8,9)10/h1H2,(H,4,5)(H,6,7)(H2,8,9,10). The van der Waals surface area contributed by atoms with Crippen molar-refractivity contribution in [1.82, 2.24) is 5.32 Å². The highest BCUT2D eigenvalue weighted by Crippen LogP contribution is 2.31. The second-order valence-electron chi connectivity index (χ2n) is 1.63. The molecule has 0 bridgehead atoms. The van der Waals surface area contributed by atoms with Gasteiger partial charge in [-0.2, -0.15) is 0 Å². The minimum atomic E-state index is -4.35. The number of carboxylic acids is 1. The lowest BCUT2D eigenvalue weighted by Gasteiger charge is -2.02. The lowest BCUT2D eigenvalue weighted by Crippen LogP contribution is -2.31. The predicted molar refractivity (Wildman–Crippen MR) is 32.7 cm³/mol. The minimum absolute atomic E-state index is 0.960. The van der Waals surface area contributed by atoms with Crippen molar-refractivity contribution in [2.45, 2.75) is 0 Å². The molecule has 0 unspecified atom stereocenters. The van der Waals surface area contributed by atoms with E-state index in [1.165, 1.54) is 5.32 Å². The molecule has 0 fully saturated rings. The van der Waals surface area contributed by atoms with Gasteiger partial charge in [0.25, 0.3) is 0 Å². The number of carboxylic acid groups (broad SMARTS) is 1. The molecular weight excluding hydrogens is 177 g/mol. The highest BCUT2D eigenvalue weighted by molar-refractivity contribution is 7.51. The lowest BCUT2D eigenvalue weighted by atomic mass is 10.6. The number of carbonyl (C=O) groups is 2. The van der Waals surface area contributed by atoms with Crippen LogP contribution in [0.5, 0.6) is 0 Å². The average Bonchev–Trinajstić information content (AvgIpc) is 1.80. The summed E-state index contributed by atoms with van der Waals surface area (Å²) in [7, 11) is -4.35. The molecule has 11 heavy (non-hydrogen) atoms. The monoisotopic (exact) mass is 183 g/mol. The summed E-state index contributed by atoms with van der Waals surface area (Å²) in [6.45, 7) is 0. The van der Waals surface area contributed by atoms with Crippen LogP contribution in [-0.2, 0) is 14.2 Å². The number of carbonyl (C=O) groups excluding carboxylic acids is 1. The molecule has 8 heteroatoms. The summed E-state index contributed by atoms with van der Waals surface area (Å²) >= 11 is 0. The van der Waals surface area contributed by atoms with Crippen LogP contribution in [0.2, 0.25) is 0 Å². The maximum absolute atomic E-state index is 10.1. The number of nitrogens with one attached hydrogen (secondary N) is 1. The number of amides is 1. The van der Waals surface area contributed by atoms with Crippen molar-refractivity contribution in [3.63, 3.8) is 0 Å². The number of hydrogen-bond donors (Lipinski definition) is 4. The lowest BCUT2D eigenvalue weighted by molar-refractivity contribution is -0.150. The molecule has 64 valence electrons. The molecule has 0 aromatic rings. The number of aliphatic carboxylic acids is 1. The Kier molecular flexibility index (Phi) is 3.18. The van der Waals surface area contributed by atoms with Gasteiger partial charge in [-0.1, -0.05) is 0 Å². The van der Waals surface area contributed by atoms with Gasteiger partial charge in [-0.25, -0.2) is 4.79 Å². The van der Waals surface area contributed by atoms with E-state index < -0.39 is 25.8 Å². The number of hydrogen-bond acceptors (Lipinski definition) is 3. The fourth-order valence-corrected chi connectivity index (χ4v) is 0.600. The third-order valence-electron chi connectivity index (χ3n) is 0.640. The Hall–Kier alpha value is -0.910. The third kappa shape index (κ3) is 5.53. The van der Waals surface area contributed by atoms with Gasteiger partial charge in [-0.15, -0.1) is 0 Å². The van der Waals surface area contributed by atoms with Gasteiger partial charge in [0.15, 0.2) is 0 Å². The first-order valence-corrected chi connectivity index (χ1v) is 4.18. The van der Waals surface area contributed by atoms with Crippen LogP contribution in [0.25, 0.3) is 0 Å². The zero-order valence-corrected chi connectivity index (χ0v) is 6.12. The van der Waals surface area contributed by atoms with Gasteiger partial charge in [0.05, 0.1) is 0 Å². The summed E-state index contributed by atoms with van der Waals surface area (Å²) in [6.07, 6.45) is -0.960. The van der Waals surface area contributed by atoms with Gasteiger partial charge in [0.2, 0.25) is 0 Å². The average molecular weight is 183 g/mol. The van der Waals surface area contributed by atoms with Crippen molar-refractivity contribution >= 4 is 19.5 Å².